The molecule has 0 atom stereocenters. The molecule has 3 heteroatoms. The first kappa shape index (κ1) is 12.3. The van der Waals surface area contributed by atoms with Gasteiger partial charge in [0.25, 0.3) is 0 Å². The Morgan fingerprint density at radius 2 is 1.89 bits per heavy atom. The van der Waals surface area contributed by atoms with E-state index in [9.17, 15) is 4.79 Å². The highest BCUT2D eigenvalue weighted by molar-refractivity contribution is 5.96. The van der Waals surface area contributed by atoms with Crippen LogP contribution in [0.2, 0.25) is 0 Å². The van der Waals surface area contributed by atoms with Crippen LogP contribution in [0.5, 0.6) is 5.88 Å². The summed E-state index contributed by atoms with van der Waals surface area (Å²) in [5.74, 6) is 0.745. The van der Waals surface area contributed by atoms with E-state index in [1.54, 1.807) is 13.3 Å². The number of nitrogens with zero attached hydrogens (tertiary/aromatic N) is 1. The van der Waals surface area contributed by atoms with Gasteiger partial charge in [0, 0.05) is 24.2 Å². The number of hydrogen-bond donors (Lipinski definition) is 0. The van der Waals surface area contributed by atoms with Gasteiger partial charge >= 0.3 is 0 Å². The largest absolute Gasteiger partial charge is 0.481 e. The van der Waals surface area contributed by atoms with E-state index in [0.717, 1.165) is 16.7 Å². The van der Waals surface area contributed by atoms with Crippen molar-refractivity contribution in [2.45, 2.75) is 13.3 Å². The minimum Gasteiger partial charge on any atom is -0.481 e. The number of carbonyl (C=O) groups excluding carboxylic acids is 1. The Morgan fingerprint density at radius 1 is 1.17 bits per heavy atom. The number of rotatable bonds is 4. The second-order valence-electron chi connectivity index (χ2n) is 3.94. The van der Waals surface area contributed by atoms with Crippen LogP contribution in [0.25, 0.3) is 11.1 Å². The number of aromatic nitrogens is 1. The molecule has 92 valence electrons. The molecule has 1 aromatic heterocycles. The average Bonchev–Trinajstić information content (AvgIpc) is 2.46. The first-order valence-corrected chi connectivity index (χ1v) is 5.88. The molecule has 2 rings (SSSR count). The van der Waals surface area contributed by atoms with Crippen LogP contribution in [0.15, 0.2) is 42.6 Å². The summed E-state index contributed by atoms with van der Waals surface area (Å²) in [6.45, 7) is 1.87. The Kier molecular flexibility index (Phi) is 3.72. The summed E-state index contributed by atoms with van der Waals surface area (Å²) in [6, 6.07) is 11.4. The number of ketones is 1. The molecular formula is C15H15NO2. The molecule has 0 spiro atoms. The monoisotopic (exact) mass is 241 g/mol. The minimum absolute atomic E-state index is 0.161. The lowest BCUT2D eigenvalue weighted by Gasteiger charge is -2.05. The third kappa shape index (κ3) is 2.56. The van der Waals surface area contributed by atoms with Crippen molar-refractivity contribution in [1.29, 1.82) is 0 Å². The molecule has 0 aliphatic rings. The van der Waals surface area contributed by atoms with Gasteiger partial charge in [0.1, 0.15) is 0 Å². The molecule has 0 saturated heterocycles. The van der Waals surface area contributed by atoms with Crippen molar-refractivity contribution in [1.82, 2.24) is 4.98 Å². The standard InChI is InChI=1S/C15H15NO2/c1-3-14(17)12-6-4-11(5-7-12)13-8-9-16-15(10-13)18-2/h4-10H,3H2,1-2H3. The van der Waals surface area contributed by atoms with Gasteiger partial charge in [-0.1, -0.05) is 31.2 Å². The number of pyridine rings is 1. The summed E-state index contributed by atoms with van der Waals surface area (Å²) in [6.07, 6.45) is 2.24. The maximum absolute atomic E-state index is 11.5. The minimum atomic E-state index is 0.161. The van der Waals surface area contributed by atoms with Crippen molar-refractivity contribution in [3.8, 4) is 17.0 Å². The third-order valence-corrected chi connectivity index (χ3v) is 2.81. The van der Waals surface area contributed by atoms with E-state index < -0.39 is 0 Å². The molecule has 0 radical (unpaired) electrons. The van der Waals surface area contributed by atoms with Crippen LogP contribution >= 0.6 is 0 Å². The third-order valence-electron chi connectivity index (χ3n) is 2.81. The van der Waals surface area contributed by atoms with Gasteiger partial charge in [-0.15, -0.1) is 0 Å². The first-order valence-electron chi connectivity index (χ1n) is 5.88. The fraction of sp³-hybridized carbons (Fsp3) is 0.200. The lowest BCUT2D eigenvalue weighted by molar-refractivity contribution is 0.0988. The quantitative estimate of drug-likeness (QED) is 0.770. The summed E-state index contributed by atoms with van der Waals surface area (Å²) >= 11 is 0. The topological polar surface area (TPSA) is 39.2 Å². The molecule has 0 aliphatic carbocycles. The Morgan fingerprint density at radius 3 is 2.50 bits per heavy atom. The molecule has 2 aromatic rings. The van der Waals surface area contributed by atoms with E-state index in [0.29, 0.717) is 12.3 Å². The van der Waals surface area contributed by atoms with Crippen LogP contribution in [-0.4, -0.2) is 17.9 Å². The van der Waals surface area contributed by atoms with Gasteiger partial charge < -0.3 is 4.74 Å². The number of benzene rings is 1. The van der Waals surface area contributed by atoms with Gasteiger partial charge in [-0.3, -0.25) is 4.79 Å². The van der Waals surface area contributed by atoms with Crippen LogP contribution in [0.4, 0.5) is 0 Å². The Balaban J connectivity index is 2.31. The maximum Gasteiger partial charge on any atom is 0.213 e. The van der Waals surface area contributed by atoms with Crippen LogP contribution in [0.3, 0.4) is 0 Å². The fourth-order valence-electron chi connectivity index (χ4n) is 1.75. The van der Waals surface area contributed by atoms with Crippen molar-refractivity contribution < 1.29 is 9.53 Å². The number of ether oxygens (including phenoxy) is 1. The molecule has 0 fully saturated rings. The molecule has 0 amide bonds. The predicted octanol–water partition coefficient (Wildman–Crippen LogP) is 3.35. The van der Waals surface area contributed by atoms with Crippen LogP contribution < -0.4 is 4.74 Å². The van der Waals surface area contributed by atoms with Crippen molar-refractivity contribution >= 4 is 5.78 Å². The number of Topliss-reactive ketones (excluding diaryl/α,β-unsaturated/α-hetero) is 1. The lowest BCUT2D eigenvalue weighted by atomic mass is 10.0. The average molecular weight is 241 g/mol. The van der Waals surface area contributed by atoms with E-state index >= 15 is 0 Å². The van der Waals surface area contributed by atoms with Gasteiger partial charge in [0.2, 0.25) is 5.88 Å². The molecule has 0 saturated carbocycles. The van der Waals surface area contributed by atoms with Gasteiger partial charge in [0.15, 0.2) is 5.78 Å². The Bertz CT molecular complexity index is 547. The predicted molar refractivity (Wildman–Crippen MR) is 70.8 cm³/mol. The maximum atomic E-state index is 11.5. The normalized spacial score (nSPS) is 10.1. The van der Waals surface area contributed by atoms with Crippen LogP contribution in [0, 0.1) is 0 Å². The summed E-state index contributed by atoms with van der Waals surface area (Å²) in [5.41, 5.74) is 2.82. The highest BCUT2D eigenvalue weighted by Gasteiger charge is 2.04. The fourth-order valence-corrected chi connectivity index (χ4v) is 1.75. The number of carbonyl (C=O) groups is 1. The van der Waals surface area contributed by atoms with E-state index in [1.807, 2.05) is 43.3 Å². The van der Waals surface area contributed by atoms with Crippen molar-refractivity contribution in [2.24, 2.45) is 0 Å². The van der Waals surface area contributed by atoms with E-state index in [2.05, 4.69) is 4.98 Å². The van der Waals surface area contributed by atoms with Gasteiger partial charge in [-0.25, -0.2) is 4.98 Å². The van der Waals surface area contributed by atoms with Crippen LogP contribution in [0.1, 0.15) is 23.7 Å². The van der Waals surface area contributed by atoms with E-state index in [1.165, 1.54) is 0 Å². The molecule has 0 unspecified atom stereocenters. The Hall–Kier alpha value is -2.16. The lowest BCUT2D eigenvalue weighted by Crippen LogP contribution is -1.95. The van der Waals surface area contributed by atoms with Crippen molar-refractivity contribution in [3.05, 3.63) is 48.2 Å². The highest BCUT2D eigenvalue weighted by atomic mass is 16.5. The number of methoxy groups -OCH3 is 1. The first-order chi connectivity index (χ1) is 8.74. The summed E-state index contributed by atoms with van der Waals surface area (Å²) in [5, 5.41) is 0. The summed E-state index contributed by atoms with van der Waals surface area (Å²) < 4.78 is 5.09. The summed E-state index contributed by atoms with van der Waals surface area (Å²) in [4.78, 5) is 15.6. The zero-order valence-corrected chi connectivity index (χ0v) is 10.5. The summed E-state index contributed by atoms with van der Waals surface area (Å²) in [7, 11) is 1.59. The van der Waals surface area contributed by atoms with E-state index in [-0.39, 0.29) is 5.78 Å². The van der Waals surface area contributed by atoms with Crippen molar-refractivity contribution in [2.75, 3.05) is 7.11 Å². The van der Waals surface area contributed by atoms with Crippen LogP contribution in [-0.2, 0) is 0 Å². The van der Waals surface area contributed by atoms with Gasteiger partial charge in [-0.2, -0.15) is 0 Å². The zero-order valence-electron chi connectivity index (χ0n) is 10.5. The molecule has 1 aromatic carbocycles. The molecule has 0 bridgehead atoms. The molecule has 0 aliphatic heterocycles. The second kappa shape index (κ2) is 5.45. The van der Waals surface area contributed by atoms with Gasteiger partial charge in [-0.05, 0) is 17.2 Å². The molecule has 0 N–H and O–H groups in total. The Labute approximate surface area is 106 Å². The van der Waals surface area contributed by atoms with Gasteiger partial charge in [0.05, 0.1) is 7.11 Å². The molecule has 1 heterocycles. The zero-order chi connectivity index (χ0) is 13.0. The molecule has 18 heavy (non-hydrogen) atoms. The SMILES string of the molecule is CCC(=O)c1ccc(-c2ccnc(OC)c2)cc1. The van der Waals surface area contributed by atoms with E-state index in [4.69, 9.17) is 4.74 Å². The molecular weight excluding hydrogens is 226 g/mol. The second-order valence-corrected chi connectivity index (χ2v) is 3.94. The highest BCUT2D eigenvalue weighted by Crippen LogP contribution is 2.22. The molecule has 3 nitrogen and oxygen atoms in total. The smallest absolute Gasteiger partial charge is 0.213 e. The number of hydrogen-bond acceptors (Lipinski definition) is 3. The van der Waals surface area contributed by atoms with Crippen molar-refractivity contribution in [3.63, 3.8) is 0 Å².